The summed E-state index contributed by atoms with van der Waals surface area (Å²) in [5.74, 6) is -3.11. The van der Waals surface area contributed by atoms with E-state index in [9.17, 15) is 18.8 Å². The van der Waals surface area contributed by atoms with E-state index in [2.05, 4.69) is 5.32 Å². The molecule has 0 aliphatic carbocycles. The molecule has 1 heterocycles. The van der Waals surface area contributed by atoms with Crippen LogP contribution in [0.4, 0.5) is 10.1 Å². The highest BCUT2D eigenvalue weighted by Gasteiger charge is 2.43. The number of likely N-dealkylation sites (tertiary alicyclic amines) is 1. The summed E-state index contributed by atoms with van der Waals surface area (Å²) in [5.41, 5.74) is -1.10. The molecule has 1 saturated heterocycles. The van der Waals surface area contributed by atoms with E-state index in [0.717, 1.165) is 5.56 Å². The molecule has 0 aromatic heterocycles. The highest BCUT2D eigenvalue weighted by molar-refractivity contribution is 6.39. The first kappa shape index (κ1) is 18.9. The number of halogens is 1. The first-order valence-corrected chi connectivity index (χ1v) is 8.17. The molecule has 0 spiro atoms. The third-order valence-electron chi connectivity index (χ3n) is 4.40. The normalized spacial score (nSPS) is 17.0. The van der Waals surface area contributed by atoms with Crippen LogP contribution >= 0.6 is 0 Å². The fourth-order valence-electron chi connectivity index (χ4n) is 2.84. The van der Waals surface area contributed by atoms with Crippen LogP contribution in [0.25, 0.3) is 0 Å². The first-order valence-electron chi connectivity index (χ1n) is 8.17. The second kappa shape index (κ2) is 6.82. The maximum absolute atomic E-state index is 14.0. The number of anilines is 1. The van der Waals surface area contributed by atoms with Crippen LogP contribution in [-0.4, -0.2) is 46.5 Å². The molecule has 1 fully saturated rings. The quantitative estimate of drug-likeness (QED) is 0.802. The lowest BCUT2D eigenvalue weighted by Gasteiger charge is -2.33. The van der Waals surface area contributed by atoms with Crippen LogP contribution < -0.4 is 5.32 Å². The van der Waals surface area contributed by atoms with Gasteiger partial charge in [-0.2, -0.15) is 0 Å². The van der Waals surface area contributed by atoms with Gasteiger partial charge in [-0.1, -0.05) is 39.0 Å². The molecule has 0 unspecified atom stereocenters. The zero-order chi connectivity index (χ0) is 18.8. The Morgan fingerprint density at radius 1 is 1.16 bits per heavy atom. The van der Waals surface area contributed by atoms with Gasteiger partial charge in [-0.25, -0.2) is 9.18 Å². The fourth-order valence-corrected chi connectivity index (χ4v) is 2.84. The molecule has 1 aliphatic rings. The Balaban J connectivity index is 2.06. The van der Waals surface area contributed by atoms with Gasteiger partial charge >= 0.3 is 17.8 Å². The third-order valence-corrected chi connectivity index (χ3v) is 4.40. The second-order valence-electron chi connectivity index (χ2n) is 7.31. The molecule has 0 bridgehead atoms. The number of carbonyl (C=O) groups is 3. The number of carbonyl (C=O) groups excluding carboxylic acids is 2. The average molecular weight is 350 g/mol. The molecule has 6 nitrogen and oxygen atoms in total. The van der Waals surface area contributed by atoms with Gasteiger partial charge in [0.05, 0.1) is 0 Å². The lowest BCUT2D eigenvalue weighted by molar-refractivity contribution is -0.157. The number of carboxylic acids is 1. The number of hydrogen-bond donors (Lipinski definition) is 2. The van der Waals surface area contributed by atoms with Crippen molar-refractivity contribution < 1.29 is 23.9 Å². The number of carboxylic acid groups (broad SMARTS) is 1. The van der Waals surface area contributed by atoms with Crippen LogP contribution in [-0.2, 0) is 19.8 Å². The van der Waals surface area contributed by atoms with Gasteiger partial charge in [0, 0.05) is 31.6 Å². The molecule has 0 saturated carbocycles. The fraction of sp³-hybridized carbons (Fsp3) is 0.500. The Morgan fingerprint density at radius 2 is 1.72 bits per heavy atom. The van der Waals surface area contributed by atoms with E-state index in [1.807, 2.05) is 32.9 Å². The van der Waals surface area contributed by atoms with E-state index in [-0.39, 0.29) is 31.3 Å². The van der Waals surface area contributed by atoms with E-state index >= 15 is 0 Å². The Hall–Kier alpha value is -2.44. The largest absolute Gasteiger partial charge is 0.479 e. The molecule has 2 N–H and O–H groups in total. The first-order chi connectivity index (χ1) is 11.5. The van der Waals surface area contributed by atoms with Crippen molar-refractivity contribution in [3.8, 4) is 0 Å². The number of benzene rings is 1. The number of piperidine rings is 1. The molecule has 25 heavy (non-hydrogen) atoms. The minimum atomic E-state index is -2.33. The van der Waals surface area contributed by atoms with Gasteiger partial charge in [-0.15, -0.1) is 0 Å². The van der Waals surface area contributed by atoms with Crippen LogP contribution in [0.2, 0.25) is 0 Å². The number of nitrogens with zero attached hydrogens (tertiary/aromatic N) is 1. The summed E-state index contributed by atoms with van der Waals surface area (Å²) in [6.45, 7) is 5.79. The van der Waals surface area contributed by atoms with Gasteiger partial charge in [0.15, 0.2) is 0 Å². The number of amides is 2. The van der Waals surface area contributed by atoms with Crippen molar-refractivity contribution in [2.24, 2.45) is 0 Å². The summed E-state index contributed by atoms with van der Waals surface area (Å²) in [5, 5.41) is 11.5. The molecular formula is C18H23FN2O4. The molecule has 136 valence electrons. The maximum atomic E-state index is 14.0. The smallest absolute Gasteiger partial charge is 0.341 e. The molecule has 0 radical (unpaired) electrons. The van der Waals surface area contributed by atoms with E-state index < -0.39 is 23.5 Å². The summed E-state index contributed by atoms with van der Waals surface area (Å²) < 4.78 is 14.0. The minimum Gasteiger partial charge on any atom is -0.479 e. The van der Waals surface area contributed by atoms with E-state index in [4.69, 9.17) is 5.11 Å². The van der Waals surface area contributed by atoms with Crippen molar-refractivity contribution in [3.05, 3.63) is 29.8 Å². The molecule has 7 heteroatoms. The van der Waals surface area contributed by atoms with Crippen molar-refractivity contribution in [2.75, 3.05) is 18.4 Å². The van der Waals surface area contributed by atoms with Crippen LogP contribution in [0.3, 0.4) is 0 Å². The molecule has 2 amide bonds. The van der Waals surface area contributed by atoms with Gasteiger partial charge < -0.3 is 15.3 Å². The number of para-hydroxylation sites is 1. The zero-order valence-electron chi connectivity index (χ0n) is 14.6. The van der Waals surface area contributed by atoms with Crippen LogP contribution in [0.5, 0.6) is 0 Å². The molecule has 1 aliphatic heterocycles. The van der Waals surface area contributed by atoms with Crippen LogP contribution in [0.15, 0.2) is 24.3 Å². The third kappa shape index (κ3) is 4.15. The Morgan fingerprint density at radius 3 is 2.24 bits per heavy atom. The van der Waals surface area contributed by atoms with Crippen molar-refractivity contribution in [1.29, 1.82) is 0 Å². The number of hydrogen-bond acceptors (Lipinski definition) is 3. The van der Waals surface area contributed by atoms with E-state index in [1.165, 1.54) is 4.90 Å². The standard InChI is InChI=1S/C18H23FN2O4/c1-17(2,3)12-6-4-5-7-13(12)20-14(22)15(23)21-10-8-18(19,9-11-21)16(24)25/h4-7H,8-11H2,1-3H3,(H,20,22)(H,24,25). The Bertz CT molecular complexity index is 689. The molecular weight excluding hydrogens is 327 g/mol. The minimum absolute atomic E-state index is 0.101. The Labute approximate surface area is 146 Å². The van der Waals surface area contributed by atoms with Crippen molar-refractivity contribution in [2.45, 2.75) is 44.7 Å². The summed E-state index contributed by atoms with van der Waals surface area (Å²) in [6.07, 6.45) is -0.639. The van der Waals surface area contributed by atoms with Gasteiger partial charge in [-0.05, 0) is 17.0 Å². The number of aliphatic carboxylic acids is 1. The van der Waals surface area contributed by atoms with Gasteiger partial charge in [0.1, 0.15) is 0 Å². The van der Waals surface area contributed by atoms with Crippen molar-refractivity contribution in [1.82, 2.24) is 4.90 Å². The number of alkyl halides is 1. The van der Waals surface area contributed by atoms with Crippen molar-refractivity contribution in [3.63, 3.8) is 0 Å². The van der Waals surface area contributed by atoms with Crippen molar-refractivity contribution >= 4 is 23.5 Å². The van der Waals surface area contributed by atoms with Crippen LogP contribution in [0, 0.1) is 0 Å². The number of rotatable bonds is 2. The van der Waals surface area contributed by atoms with E-state index in [1.54, 1.807) is 12.1 Å². The summed E-state index contributed by atoms with van der Waals surface area (Å²) >= 11 is 0. The zero-order valence-corrected chi connectivity index (χ0v) is 14.6. The maximum Gasteiger partial charge on any atom is 0.341 e. The number of nitrogens with one attached hydrogen (secondary N) is 1. The Kier molecular flexibility index (Phi) is 5.15. The summed E-state index contributed by atoms with van der Waals surface area (Å²) in [6, 6.07) is 7.22. The van der Waals surface area contributed by atoms with Gasteiger partial charge in [0.25, 0.3) is 0 Å². The van der Waals surface area contributed by atoms with Gasteiger partial charge in [-0.3, -0.25) is 9.59 Å². The second-order valence-corrected chi connectivity index (χ2v) is 7.31. The predicted octanol–water partition coefficient (Wildman–Crippen LogP) is 2.34. The monoisotopic (exact) mass is 350 g/mol. The summed E-state index contributed by atoms with van der Waals surface area (Å²) in [7, 11) is 0. The highest BCUT2D eigenvalue weighted by Crippen LogP contribution is 2.30. The van der Waals surface area contributed by atoms with E-state index in [0.29, 0.717) is 5.69 Å². The molecule has 1 aromatic carbocycles. The average Bonchev–Trinajstić information content (AvgIpc) is 2.54. The topological polar surface area (TPSA) is 86.7 Å². The molecule has 2 rings (SSSR count). The molecule has 0 atom stereocenters. The van der Waals surface area contributed by atoms with Gasteiger partial charge in [0.2, 0.25) is 5.67 Å². The SMILES string of the molecule is CC(C)(C)c1ccccc1NC(=O)C(=O)N1CCC(F)(C(=O)O)CC1. The molecule has 1 aromatic rings. The lowest BCUT2D eigenvalue weighted by Crippen LogP contribution is -2.50. The van der Waals surface area contributed by atoms with Crippen LogP contribution in [0.1, 0.15) is 39.2 Å². The lowest BCUT2D eigenvalue weighted by atomic mass is 9.86. The predicted molar refractivity (Wildman–Crippen MR) is 91.1 cm³/mol. The summed E-state index contributed by atoms with van der Waals surface area (Å²) in [4.78, 5) is 36.7. The highest BCUT2D eigenvalue weighted by atomic mass is 19.1.